The molecule has 0 spiro atoms. The van der Waals surface area contributed by atoms with E-state index in [2.05, 4.69) is 34.1 Å². The Hall–Kier alpha value is -2.27. The number of nitrogens with one attached hydrogen (secondary N) is 1. The van der Waals surface area contributed by atoms with Crippen molar-refractivity contribution in [3.05, 3.63) is 11.9 Å². The average molecular weight is 421 g/mol. The molecule has 1 fully saturated rings. The number of aliphatic hydroxyl groups is 3. The highest BCUT2D eigenvalue weighted by Crippen LogP contribution is 2.35. The van der Waals surface area contributed by atoms with Gasteiger partial charge in [-0.15, -0.1) is 0 Å². The van der Waals surface area contributed by atoms with Gasteiger partial charge in [-0.05, 0) is 18.9 Å². The minimum absolute atomic E-state index is 0.221. The Kier molecular flexibility index (Phi) is 7.59. The Morgan fingerprint density at radius 2 is 1.90 bits per heavy atom. The highest BCUT2D eigenvalue weighted by Gasteiger charge is 2.45. The molecule has 166 valence electrons. The molecule has 2 aromatic rings. The van der Waals surface area contributed by atoms with Crippen LogP contribution >= 0.6 is 0 Å². The first kappa shape index (κ1) is 22.4. The molecule has 6 N–H and O–H groups in total. The molecular weight excluding hydrogens is 388 g/mol. The van der Waals surface area contributed by atoms with Crippen molar-refractivity contribution in [2.45, 2.75) is 70.5 Å². The average Bonchev–Trinajstić information content (AvgIpc) is 3.23. The number of imidazole rings is 1. The first-order valence-electron chi connectivity index (χ1n) is 10.6. The van der Waals surface area contributed by atoms with Gasteiger partial charge in [0, 0.05) is 6.54 Å². The summed E-state index contributed by atoms with van der Waals surface area (Å²) in [6, 6.07) is 0. The van der Waals surface area contributed by atoms with Crippen molar-refractivity contribution in [2.75, 3.05) is 24.2 Å². The number of fused-ring (bicyclic) bond motifs is 1. The number of ether oxygens (including phenoxy) is 1. The fourth-order valence-corrected chi connectivity index (χ4v) is 3.43. The number of nitrogens with zero attached hydrogens (tertiary/aromatic N) is 4. The summed E-state index contributed by atoms with van der Waals surface area (Å²) >= 11 is 0. The third-order valence-electron chi connectivity index (χ3n) is 5.16. The zero-order chi connectivity index (χ0) is 21.7. The largest absolute Gasteiger partial charge is 0.394 e. The number of nitrogens with two attached hydrogens (primary N) is 1. The van der Waals surface area contributed by atoms with E-state index in [4.69, 9.17) is 10.5 Å². The third kappa shape index (κ3) is 4.56. The smallest absolute Gasteiger partial charge is 0.207 e. The van der Waals surface area contributed by atoms with E-state index in [9.17, 15) is 15.3 Å². The van der Waals surface area contributed by atoms with Crippen molar-refractivity contribution < 1.29 is 20.1 Å². The number of nitrogen functional groups attached to an aromatic ring is 1. The molecule has 3 heterocycles. The van der Waals surface area contributed by atoms with Crippen LogP contribution in [0.25, 0.3) is 17.2 Å². The Morgan fingerprint density at radius 3 is 2.57 bits per heavy atom. The fraction of sp³-hybridized carbons (Fsp3) is 0.650. The molecule has 0 unspecified atom stereocenters. The van der Waals surface area contributed by atoms with Crippen LogP contribution in [0.4, 0.5) is 11.8 Å². The van der Waals surface area contributed by atoms with E-state index in [-0.39, 0.29) is 5.82 Å². The predicted octanol–water partition coefficient (Wildman–Crippen LogP) is 1.44. The Labute approximate surface area is 175 Å². The van der Waals surface area contributed by atoms with Gasteiger partial charge < -0.3 is 31.1 Å². The highest BCUT2D eigenvalue weighted by molar-refractivity contribution is 5.85. The maximum absolute atomic E-state index is 10.6. The summed E-state index contributed by atoms with van der Waals surface area (Å²) in [5.74, 6) is 1.07. The number of unbranched alkanes of at least 4 members (excludes halogenated alkanes) is 3. The molecule has 0 aromatic carbocycles. The predicted molar refractivity (Wildman–Crippen MR) is 115 cm³/mol. The monoisotopic (exact) mass is 420 g/mol. The SMILES string of the molecule is CCCCC=Cc1nc(N)c2nc(NCCCC)n([C@@H]3O[C@H](CO)[C@@H](O)[C@H]3O)c2n1. The summed E-state index contributed by atoms with van der Waals surface area (Å²) in [5, 5.41) is 33.5. The van der Waals surface area contributed by atoms with Crippen LogP contribution in [0, 0.1) is 0 Å². The van der Waals surface area contributed by atoms with Crippen LogP contribution in [-0.4, -0.2) is 66.3 Å². The van der Waals surface area contributed by atoms with Crippen LogP contribution in [0.1, 0.15) is 58.0 Å². The lowest BCUT2D eigenvalue weighted by molar-refractivity contribution is -0.0501. The van der Waals surface area contributed by atoms with E-state index in [0.717, 1.165) is 32.1 Å². The van der Waals surface area contributed by atoms with E-state index in [1.165, 1.54) is 0 Å². The van der Waals surface area contributed by atoms with Crippen molar-refractivity contribution >= 4 is 29.0 Å². The van der Waals surface area contributed by atoms with Crippen molar-refractivity contribution in [1.82, 2.24) is 19.5 Å². The second-order valence-electron chi connectivity index (χ2n) is 7.50. The van der Waals surface area contributed by atoms with Crippen LogP contribution in [0.3, 0.4) is 0 Å². The first-order valence-corrected chi connectivity index (χ1v) is 10.6. The van der Waals surface area contributed by atoms with E-state index >= 15 is 0 Å². The molecule has 4 atom stereocenters. The lowest BCUT2D eigenvalue weighted by Crippen LogP contribution is -2.33. The minimum Gasteiger partial charge on any atom is -0.394 e. The maximum Gasteiger partial charge on any atom is 0.207 e. The number of hydrogen-bond donors (Lipinski definition) is 5. The summed E-state index contributed by atoms with van der Waals surface area (Å²) < 4.78 is 7.33. The summed E-state index contributed by atoms with van der Waals surface area (Å²) in [6.45, 7) is 4.45. The highest BCUT2D eigenvalue weighted by atomic mass is 16.6. The molecule has 10 nitrogen and oxygen atoms in total. The normalized spacial score (nSPS) is 24.3. The maximum atomic E-state index is 10.6. The number of hydrogen-bond acceptors (Lipinski definition) is 9. The molecule has 0 amide bonds. The summed E-state index contributed by atoms with van der Waals surface area (Å²) in [7, 11) is 0. The van der Waals surface area contributed by atoms with E-state index < -0.39 is 31.1 Å². The van der Waals surface area contributed by atoms with Gasteiger partial charge in [0.05, 0.1) is 6.61 Å². The van der Waals surface area contributed by atoms with Crippen LogP contribution in [0.15, 0.2) is 6.08 Å². The second-order valence-corrected chi connectivity index (χ2v) is 7.50. The molecule has 2 aromatic heterocycles. The van der Waals surface area contributed by atoms with Gasteiger partial charge in [-0.3, -0.25) is 4.57 Å². The zero-order valence-electron chi connectivity index (χ0n) is 17.5. The van der Waals surface area contributed by atoms with Gasteiger partial charge in [-0.1, -0.05) is 39.2 Å². The van der Waals surface area contributed by atoms with Crippen LogP contribution in [0.5, 0.6) is 0 Å². The number of rotatable bonds is 10. The first-order chi connectivity index (χ1) is 14.5. The summed E-state index contributed by atoms with van der Waals surface area (Å²) in [5.41, 5.74) is 6.94. The van der Waals surface area contributed by atoms with Crippen LogP contribution < -0.4 is 11.1 Å². The summed E-state index contributed by atoms with van der Waals surface area (Å²) in [6.07, 6.45) is 4.44. The molecule has 0 bridgehead atoms. The number of allylic oxidation sites excluding steroid dienone is 1. The Morgan fingerprint density at radius 1 is 1.13 bits per heavy atom. The van der Waals surface area contributed by atoms with Gasteiger partial charge >= 0.3 is 0 Å². The van der Waals surface area contributed by atoms with Gasteiger partial charge in [0.15, 0.2) is 29.0 Å². The lowest BCUT2D eigenvalue weighted by atomic mass is 10.1. The minimum atomic E-state index is -1.26. The lowest BCUT2D eigenvalue weighted by Gasteiger charge is -2.19. The van der Waals surface area contributed by atoms with Crippen molar-refractivity contribution in [1.29, 1.82) is 0 Å². The van der Waals surface area contributed by atoms with Crippen molar-refractivity contribution in [3.63, 3.8) is 0 Å². The Balaban J connectivity index is 2.05. The van der Waals surface area contributed by atoms with Gasteiger partial charge in [0.2, 0.25) is 5.95 Å². The van der Waals surface area contributed by atoms with Gasteiger partial charge in [-0.2, -0.15) is 0 Å². The van der Waals surface area contributed by atoms with E-state index in [0.29, 0.717) is 29.5 Å². The van der Waals surface area contributed by atoms with E-state index in [1.54, 1.807) is 4.57 Å². The second kappa shape index (κ2) is 10.2. The van der Waals surface area contributed by atoms with Gasteiger partial charge in [0.1, 0.15) is 18.3 Å². The molecule has 0 aliphatic carbocycles. The molecule has 30 heavy (non-hydrogen) atoms. The van der Waals surface area contributed by atoms with Gasteiger partial charge in [0.25, 0.3) is 0 Å². The van der Waals surface area contributed by atoms with Gasteiger partial charge in [-0.25, -0.2) is 15.0 Å². The van der Waals surface area contributed by atoms with Crippen molar-refractivity contribution in [3.8, 4) is 0 Å². The summed E-state index contributed by atoms with van der Waals surface area (Å²) in [4.78, 5) is 13.4. The number of aromatic nitrogens is 4. The van der Waals surface area contributed by atoms with Crippen LogP contribution in [0.2, 0.25) is 0 Å². The van der Waals surface area contributed by atoms with E-state index in [1.807, 2.05) is 12.2 Å². The standard InChI is InChI=1S/C20H32N6O4/c1-3-5-7-8-9-13-23-17(21)14-18(24-13)26(20(25-14)22-10-6-4-2)19-16(29)15(28)12(11-27)30-19/h8-9,12,15-16,19,27-29H,3-7,10-11H2,1-2H3,(H,22,25)(H2,21,23,24)/t12-,15-,16-,19-/m1/s1. The fourth-order valence-electron chi connectivity index (χ4n) is 3.43. The quantitative estimate of drug-likeness (QED) is 0.359. The molecule has 0 saturated carbocycles. The zero-order valence-corrected chi connectivity index (χ0v) is 17.5. The van der Waals surface area contributed by atoms with Crippen molar-refractivity contribution in [2.24, 2.45) is 0 Å². The topological polar surface area (TPSA) is 152 Å². The number of aliphatic hydroxyl groups excluding tert-OH is 3. The molecule has 1 saturated heterocycles. The Bertz CT molecular complexity index is 871. The molecular formula is C20H32N6O4. The third-order valence-corrected chi connectivity index (χ3v) is 5.16. The molecule has 3 rings (SSSR count). The molecule has 0 radical (unpaired) electrons. The molecule has 10 heteroatoms. The van der Waals surface area contributed by atoms with Crippen LogP contribution in [-0.2, 0) is 4.74 Å². The number of anilines is 2. The molecule has 1 aliphatic rings. The molecule has 1 aliphatic heterocycles.